The maximum absolute atomic E-state index is 13.1. The standard InChI is InChI=1S/C26H41N3O4/c1-8-19(15-27(7)16-26(5,6)32)21-11-12-22-23(13-21)28(25(31)33-17(2)3)14-18(4)29(22)24(30)20-9-10-20/h11-13,17-20,32H,8-10,14-16H2,1-7H3/t18-,19?/m0/s1. The van der Waals surface area contributed by atoms with E-state index in [4.69, 9.17) is 4.74 Å². The van der Waals surface area contributed by atoms with Crippen LogP contribution < -0.4 is 9.80 Å². The highest BCUT2D eigenvalue weighted by molar-refractivity contribution is 6.04. The topological polar surface area (TPSA) is 73.3 Å². The van der Waals surface area contributed by atoms with Crippen LogP contribution in [-0.2, 0) is 9.53 Å². The second kappa shape index (κ2) is 10.0. The number of likely N-dealkylation sites (N-methyl/N-ethyl adjacent to an activating group) is 1. The van der Waals surface area contributed by atoms with Gasteiger partial charge < -0.3 is 19.6 Å². The number of carbonyl (C=O) groups excluding carboxylic acids is 2. The number of hydrogen-bond donors (Lipinski definition) is 1. The molecule has 1 fully saturated rings. The molecule has 0 saturated heterocycles. The SMILES string of the molecule is CCC(CN(C)CC(C)(C)O)c1ccc2c(c1)N(C(=O)OC(C)C)C[C@H](C)N2C(=O)C1CC1. The van der Waals surface area contributed by atoms with Crippen molar-refractivity contribution in [1.29, 1.82) is 0 Å². The smallest absolute Gasteiger partial charge is 0.414 e. The molecule has 7 nitrogen and oxygen atoms in total. The van der Waals surface area contributed by atoms with Gasteiger partial charge in [-0.1, -0.05) is 13.0 Å². The summed E-state index contributed by atoms with van der Waals surface area (Å²) in [6, 6.07) is 6.02. The fourth-order valence-corrected chi connectivity index (χ4v) is 4.77. The summed E-state index contributed by atoms with van der Waals surface area (Å²) in [4.78, 5) is 31.8. The van der Waals surface area contributed by atoms with Gasteiger partial charge in [-0.3, -0.25) is 9.69 Å². The zero-order chi connectivity index (χ0) is 24.5. The van der Waals surface area contributed by atoms with Crippen LogP contribution in [0.2, 0.25) is 0 Å². The average Bonchev–Trinajstić information content (AvgIpc) is 3.54. The molecule has 184 valence electrons. The van der Waals surface area contributed by atoms with Crippen molar-refractivity contribution < 1.29 is 19.4 Å². The number of anilines is 2. The van der Waals surface area contributed by atoms with Crippen molar-refractivity contribution in [3.05, 3.63) is 23.8 Å². The van der Waals surface area contributed by atoms with Crippen LogP contribution in [0.5, 0.6) is 0 Å². The first-order valence-electron chi connectivity index (χ1n) is 12.3. The summed E-state index contributed by atoms with van der Waals surface area (Å²) in [6.07, 6.45) is 2.22. The van der Waals surface area contributed by atoms with E-state index >= 15 is 0 Å². The molecule has 2 amide bonds. The lowest BCUT2D eigenvalue weighted by atomic mass is 9.93. The van der Waals surface area contributed by atoms with E-state index in [2.05, 4.69) is 24.0 Å². The Morgan fingerprint density at radius 3 is 2.45 bits per heavy atom. The number of amides is 2. The van der Waals surface area contributed by atoms with Crippen molar-refractivity contribution in [2.45, 2.75) is 84.5 Å². The van der Waals surface area contributed by atoms with Crippen molar-refractivity contribution in [1.82, 2.24) is 4.90 Å². The summed E-state index contributed by atoms with van der Waals surface area (Å²) in [5.41, 5.74) is 1.89. The summed E-state index contributed by atoms with van der Waals surface area (Å²) in [5, 5.41) is 10.2. The molecule has 1 aliphatic carbocycles. The van der Waals surface area contributed by atoms with Gasteiger partial charge in [-0.15, -0.1) is 0 Å². The molecule has 1 heterocycles. The Kier molecular flexibility index (Phi) is 7.74. The zero-order valence-electron chi connectivity index (χ0n) is 21.3. The third-order valence-electron chi connectivity index (χ3n) is 6.31. The first kappa shape index (κ1) is 25.5. The maximum Gasteiger partial charge on any atom is 0.414 e. The number of benzene rings is 1. The molecule has 0 aromatic heterocycles. The van der Waals surface area contributed by atoms with Crippen molar-refractivity contribution >= 4 is 23.4 Å². The van der Waals surface area contributed by atoms with Crippen molar-refractivity contribution in [2.24, 2.45) is 5.92 Å². The minimum atomic E-state index is -0.764. The van der Waals surface area contributed by atoms with Gasteiger partial charge >= 0.3 is 6.09 Å². The van der Waals surface area contributed by atoms with Gasteiger partial charge in [0.25, 0.3) is 0 Å². The molecule has 0 spiro atoms. The largest absolute Gasteiger partial charge is 0.446 e. The first-order chi connectivity index (χ1) is 15.4. The first-order valence-corrected chi connectivity index (χ1v) is 12.3. The van der Waals surface area contributed by atoms with Gasteiger partial charge in [0.05, 0.1) is 29.1 Å². The fourth-order valence-electron chi connectivity index (χ4n) is 4.77. The van der Waals surface area contributed by atoms with Crippen LogP contribution in [0, 0.1) is 5.92 Å². The molecule has 7 heteroatoms. The Bertz CT molecular complexity index is 860. The second-order valence-electron chi connectivity index (χ2n) is 10.7. The Morgan fingerprint density at radius 1 is 1.24 bits per heavy atom. The summed E-state index contributed by atoms with van der Waals surface area (Å²) in [5.74, 6) is 0.496. The number of fused-ring (bicyclic) bond motifs is 1. The molecule has 1 aromatic rings. The lowest BCUT2D eigenvalue weighted by molar-refractivity contribution is -0.120. The molecule has 1 unspecified atom stereocenters. The van der Waals surface area contributed by atoms with Crippen LogP contribution >= 0.6 is 0 Å². The van der Waals surface area contributed by atoms with Crippen LogP contribution in [0.1, 0.15) is 72.3 Å². The maximum atomic E-state index is 13.1. The van der Waals surface area contributed by atoms with E-state index in [0.29, 0.717) is 13.1 Å². The molecule has 2 atom stereocenters. The highest BCUT2D eigenvalue weighted by Crippen LogP contribution is 2.42. The molecular weight excluding hydrogens is 418 g/mol. The van der Waals surface area contributed by atoms with Crippen molar-refractivity contribution in [3.63, 3.8) is 0 Å². The Labute approximate surface area is 198 Å². The van der Waals surface area contributed by atoms with Crippen LogP contribution in [0.4, 0.5) is 16.2 Å². The predicted molar refractivity (Wildman–Crippen MR) is 132 cm³/mol. The fraction of sp³-hybridized carbons (Fsp3) is 0.692. The van der Waals surface area contributed by atoms with Crippen LogP contribution in [0.15, 0.2) is 18.2 Å². The van der Waals surface area contributed by atoms with Crippen molar-refractivity contribution in [2.75, 3.05) is 36.5 Å². The minimum Gasteiger partial charge on any atom is -0.446 e. The molecule has 33 heavy (non-hydrogen) atoms. The van der Waals surface area contributed by atoms with E-state index < -0.39 is 5.60 Å². The highest BCUT2D eigenvalue weighted by Gasteiger charge is 2.41. The lowest BCUT2D eigenvalue weighted by Crippen LogP contribution is -2.52. The molecular formula is C26H41N3O4. The van der Waals surface area contributed by atoms with E-state index in [0.717, 1.165) is 42.7 Å². The quantitative estimate of drug-likeness (QED) is 0.625. The van der Waals surface area contributed by atoms with Crippen LogP contribution in [-0.4, -0.2) is 66.4 Å². The summed E-state index contributed by atoms with van der Waals surface area (Å²) >= 11 is 0. The Hall–Kier alpha value is -2.12. The molecule has 0 bridgehead atoms. The molecule has 1 N–H and O–H groups in total. The van der Waals surface area contributed by atoms with E-state index in [1.807, 2.05) is 52.6 Å². The Balaban J connectivity index is 1.95. The number of carbonyl (C=O) groups is 2. The van der Waals surface area contributed by atoms with Crippen LogP contribution in [0.25, 0.3) is 0 Å². The monoisotopic (exact) mass is 459 g/mol. The van der Waals surface area contributed by atoms with Crippen LogP contribution in [0.3, 0.4) is 0 Å². The third kappa shape index (κ3) is 6.27. The third-order valence-corrected chi connectivity index (χ3v) is 6.31. The zero-order valence-corrected chi connectivity index (χ0v) is 21.3. The number of rotatable bonds is 8. The molecule has 1 aliphatic heterocycles. The highest BCUT2D eigenvalue weighted by atomic mass is 16.6. The van der Waals surface area contributed by atoms with Gasteiger partial charge in [-0.2, -0.15) is 0 Å². The number of hydrogen-bond acceptors (Lipinski definition) is 5. The molecule has 2 aliphatic rings. The normalized spacial score (nSPS) is 19.6. The van der Waals surface area contributed by atoms with Gasteiger partial charge in [0.2, 0.25) is 5.91 Å². The summed E-state index contributed by atoms with van der Waals surface area (Å²) in [6.45, 7) is 13.2. The van der Waals surface area contributed by atoms with E-state index in [-0.39, 0.29) is 36.0 Å². The Morgan fingerprint density at radius 2 is 1.91 bits per heavy atom. The van der Waals surface area contributed by atoms with E-state index in [1.165, 1.54) is 0 Å². The van der Waals surface area contributed by atoms with Gasteiger partial charge in [0.15, 0.2) is 0 Å². The number of nitrogens with zero attached hydrogens (tertiary/aromatic N) is 3. The van der Waals surface area contributed by atoms with Crippen molar-refractivity contribution in [3.8, 4) is 0 Å². The second-order valence-corrected chi connectivity index (χ2v) is 10.7. The van der Waals surface area contributed by atoms with Gasteiger partial charge in [-0.25, -0.2) is 4.79 Å². The van der Waals surface area contributed by atoms with Gasteiger partial charge in [0.1, 0.15) is 0 Å². The summed E-state index contributed by atoms with van der Waals surface area (Å²) in [7, 11) is 2.02. The number of ether oxygens (including phenoxy) is 1. The van der Waals surface area contributed by atoms with Gasteiger partial charge in [0, 0.05) is 25.6 Å². The van der Waals surface area contributed by atoms with Gasteiger partial charge in [-0.05, 0) is 84.5 Å². The average molecular weight is 460 g/mol. The van der Waals surface area contributed by atoms with E-state index in [9.17, 15) is 14.7 Å². The predicted octanol–water partition coefficient (Wildman–Crippen LogP) is 4.38. The molecule has 3 rings (SSSR count). The molecule has 0 radical (unpaired) electrons. The summed E-state index contributed by atoms with van der Waals surface area (Å²) < 4.78 is 5.54. The number of aliphatic hydroxyl groups is 1. The van der Waals surface area contributed by atoms with E-state index in [1.54, 1.807) is 4.90 Å². The lowest BCUT2D eigenvalue weighted by Gasteiger charge is -2.41. The molecule has 1 saturated carbocycles. The molecule has 1 aromatic carbocycles. The minimum absolute atomic E-state index is 0.105.